The summed E-state index contributed by atoms with van der Waals surface area (Å²) < 4.78 is 39.1. The number of aryl methyl sites for hydroxylation is 1. The number of rotatable bonds is 4. The number of carbonyl (C=O) groups excluding carboxylic acids is 1. The summed E-state index contributed by atoms with van der Waals surface area (Å²) in [6.07, 6.45) is 0.843. The molecule has 2 saturated heterocycles. The summed E-state index contributed by atoms with van der Waals surface area (Å²) in [4.78, 5) is 24.0. The van der Waals surface area contributed by atoms with Crippen molar-refractivity contribution in [2.24, 2.45) is 18.4 Å². The van der Waals surface area contributed by atoms with Gasteiger partial charge in [0, 0.05) is 63.1 Å². The van der Waals surface area contributed by atoms with Gasteiger partial charge in [-0.1, -0.05) is 0 Å². The molecule has 1 spiro atoms. The lowest BCUT2D eigenvalue weighted by Crippen LogP contribution is -2.46. The van der Waals surface area contributed by atoms with Gasteiger partial charge < -0.3 is 15.2 Å². The average molecular weight is 434 g/mol. The molecule has 0 radical (unpaired) electrons. The molecule has 3 rings (SSSR count). The lowest BCUT2D eigenvalue weighted by molar-refractivity contribution is -0.192. The summed E-state index contributed by atoms with van der Waals surface area (Å²) in [6, 6.07) is 0.187. The number of amides is 1. The van der Waals surface area contributed by atoms with Crippen molar-refractivity contribution in [2.75, 3.05) is 26.3 Å². The van der Waals surface area contributed by atoms with Crippen LogP contribution in [0.1, 0.15) is 32.3 Å². The summed E-state index contributed by atoms with van der Waals surface area (Å²) in [5, 5.41) is 14.5. The number of ether oxygens (including phenoxy) is 1. The molecule has 1 amide bonds. The van der Waals surface area contributed by atoms with E-state index in [2.05, 4.69) is 21.5 Å². The fraction of sp³-hybridized carbons (Fsp3) is 0.737. The second-order valence-corrected chi connectivity index (χ2v) is 8.19. The van der Waals surface area contributed by atoms with Crippen LogP contribution in [0.3, 0.4) is 0 Å². The maximum absolute atomic E-state index is 12.7. The molecule has 1 atom stereocenters. The van der Waals surface area contributed by atoms with E-state index in [0.29, 0.717) is 0 Å². The summed E-state index contributed by atoms with van der Waals surface area (Å²) in [5.74, 6) is -2.49. The molecule has 1 aromatic rings. The Bertz CT molecular complexity index is 730. The molecule has 3 heterocycles. The van der Waals surface area contributed by atoms with Crippen LogP contribution in [-0.4, -0.2) is 70.2 Å². The first kappa shape index (κ1) is 24.1. The van der Waals surface area contributed by atoms with Crippen LogP contribution >= 0.6 is 0 Å². The largest absolute Gasteiger partial charge is 0.490 e. The van der Waals surface area contributed by atoms with Gasteiger partial charge in [0.1, 0.15) is 0 Å². The fourth-order valence-electron chi connectivity index (χ4n) is 4.03. The third-order valence-electron chi connectivity index (χ3n) is 5.36. The number of aromatic nitrogens is 2. The summed E-state index contributed by atoms with van der Waals surface area (Å²) in [5.41, 5.74) is 1.28. The highest BCUT2D eigenvalue weighted by Crippen LogP contribution is 2.44. The van der Waals surface area contributed by atoms with Crippen LogP contribution in [-0.2, 0) is 27.9 Å². The first-order valence-electron chi connectivity index (χ1n) is 9.81. The van der Waals surface area contributed by atoms with Crippen LogP contribution in [0.15, 0.2) is 12.4 Å². The van der Waals surface area contributed by atoms with E-state index < -0.39 is 12.1 Å². The second kappa shape index (κ2) is 9.78. The summed E-state index contributed by atoms with van der Waals surface area (Å²) in [6.45, 7) is 8.25. The number of hydrogen-bond donors (Lipinski definition) is 2. The number of carboxylic acids is 1. The standard InChI is InChI=1S/C17H28N4O2.C2HF3O2/c1-13(2)19-16(22)15-11-21(10-14-8-18-20(3)9-14)12-17(15)4-6-23-7-5-17;3-2(4,5)1(6)7/h8-9,13,15H,4-7,10-12H2,1-3H3,(H,19,22);(H,6,7). The number of hydrogen-bond acceptors (Lipinski definition) is 5. The van der Waals surface area contributed by atoms with Crippen molar-refractivity contribution in [3.05, 3.63) is 18.0 Å². The highest BCUT2D eigenvalue weighted by Gasteiger charge is 2.50. The topological polar surface area (TPSA) is 96.7 Å². The van der Waals surface area contributed by atoms with Crippen LogP contribution < -0.4 is 5.32 Å². The van der Waals surface area contributed by atoms with E-state index in [1.54, 1.807) is 0 Å². The summed E-state index contributed by atoms with van der Waals surface area (Å²) in [7, 11) is 1.94. The molecular weight excluding hydrogens is 405 g/mol. The van der Waals surface area contributed by atoms with Gasteiger partial charge in [0.2, 0.25) is 5.91 Å². The highest BCUT2D eigenvalue weighted by molar-refractivity contribution is 5.80. The molecule has 2 fully saturated rings. The van der Waals surface area contributed by atoms with Gasteiger partial charge >= 0.3 is 12.1 Å². The van der Waals surface area contributed by atoms with Crippen molar-refractivity contribution in [1.29, 1.82) is 0 Å². The number of aliphatic carboxylic acids is 1. The van der Waals surface area contributed by atoms with Crippen molar-refractivity contribution < 1.29 is 32.6 Å². The Kier molecular flexibility index (Phi) is 7.87. The molecule has 0 aromatic carbocycles. The quantitative estimate of drug-likeness (QED) is 0.750. The number of likely N-dealkylation sites (tertiary alicyclic amines) is 1. The maximum atomic E-state index is 12.7. The first-order valence-corrected chi connectivity index (χ1v) is 9.81. The minimum atomic E-state index is -5.08. The fourth-order valence-corrected chi connectivity index (χ4v) is 4.03. The van der Waals surface area contributed by atoms with Crippen LogP contribution in [0.5, 0.6) is 0 Å². The molecule has 170 valence electrons. The average Bonchev–Trinajstić information content (AvgIpc) is 3.18. The van der Waals surface area contributed by atoms with E-state index in [1.807, 2.05) is 31.8 Å². The molecule has 2 aliphatic rings. The number of nitrogens with one attached hydrogen (secondary N) is 1. The van der Waals surface area contributed by atoms with Gasteiger partial charge in [-0.15, -0.1) is 0 Å². The van der Waals surface area contributed by atoms with Crippen molar-refractivity contribution >= 4 is 11.9 Å². The minimum absolute atomic E-state index is 0.0606. The molecule has 0 aliphatic carbocycles. The van der Waals surface area contributed by atoms with E-state index in [1.165, 1.54) is 5.56 Å². The van der Waals surface area contributed by atoms with E-state index >= 15 is 0 Å². The van der Waals surface area contributed by atoms with E-state index in [0.717, 1.165) is 45.7 Å². The van der Waals surface area contributed by atoms with Crippen LogP contribution in [0.4, 0.5) is 13.2 Å². The van der Waals surface area contributed by atoms with Gasteiger partial charge in [-0.05, 0) is 26.7 Å². The first-order chi connectivity index (χ1) is 13.9. The van der Waals surface area contributed by atoms with Gasteiger partial charge in [-0.25, -0.2) is 4.79 Å². The molecule has 8 nitrogen and oxygen atoms in total. The Labute approximate surface area is 173 Å². The van der Waals surface area contributed by atoms with Gasteiger partial charge in [0.25, 0.3) is 0 Å². The Morgan fingerprint density at radius 3 is 2.43 bits per heavy atom. The van der Waals surface area contributed by atoms with Crippen LogP contribution in [0.25, 0.3) is 0 Å². The number of alkyl halides is 3. The Hall–Kier alpha value is -2.14. The second-order valence-electron chi connectivity index (χ2n) is 8.19. The lowest BCUT2D eigenvalue weighted by atomic mass is 9.71. The summed E-state index contributed by atoms with van der Waals surface area (Å²) >= 11 is 0. The number of carboxylic acid groups (broad SMARTS) is 1. The smallest absolute Gasteiger partial charge is 0.475 e. The van der Waals surface area contributed by atoms with E-state index in [9.17, 15) is 18.0 Å². The molecule has 11 heteroatoms. The molecule has 1 aromatic heterocycles. The minimum Gasteiger partial charge on any atom is -0.475 e. The highest BCUT2D eigenvalue weighted by atomic mass is 19.4. The Morgan fingerprint density at radius 1 is 1.37 bits per heavy atom. The zero-order valence-corrected chi connectivity index (χ0v) is 17.4. The zero-order valence-electron chi connectivity index (χ0n) is 17.4. The molecule has 2 aliphatic heterocycles. The predicted octanol–water partition coefficient (Wildman–Crippen LogP) is 1.81. The molecule has 2 N–H and O–H groups in total. The lowest BCUT2D eigenvalue weighted by Gasteiger charge is -2.37. The molecule has 0 saturated carbocycles. The normalized spacial score (nSPS) is 21.4. The molecular formula is C19H29F3N4O4. The van der Waals surface area contributed by atoms with Crippen molar-refractivity contribution in [3.63, 3.8) is 0 Å². The number of nitrogens with zero attached hydrogens (tertiary/aromatic N) is 3. The third-order valence-corrected chi connectivity index (χ3v) is 5.36. The van der Waals surface area contributed by atoms with Gasteiger partial charge in [-0.3, -0.25) is 14.4 Å². The van der Waals surface area contributed by atoms with Crippen molar-refractivity contribution in [3.8, 4) is 0 Å². The molecule has 30 heavy (non-hydrogen) atoms. The Morgan fingerprint density at radius 2 is 1.97 bits per heavy atom. The van der Waals surface area contributed by atoms with Crippen LogP contribution in [0, 0.1) is 11.3 Å². The monoisotopic (exact) mass is 434 g/mol. The zero-order chi connectivity index (χ0) is 22.5. The van der Waals surface area contributed by atoms with E-state index in [-0.39, 0.29) is 23.3 Å². The molecule has 0 bridgehead atoms. The maximum Gasteiger partial charge on any atom is 0.490 e. The SMILES string of the molecule is CC(C)NC(=O)C1CN(Cc2cnn(C)c2)CC12CCOCC2.O=C(O)C(F)(F)F. The predicted molar refractivity (Wildman–Crippen MR) is 101 cm³/mol. The number of halogens is 3. The third kappa shape index (κ3) is 6.43. The van der Waals surface area contributed by atoms with Crippen molar-refractivity contribution in [1.82, 2.24) is 20.0 Å². The van der Waals surface area contributed by atoms with Gasteiger partial charge in [-0.2, -0.15) is 18.3 Å². The van der Waals surface area contributed by atoms with Crippen LogP contribution in [0.2, 0.25) is 0 Å². The molecule has 1 unspecified atom stereocenters. The Balaban J connectivity index is 0.000000396. The number of carbonyl (C=O) groups is 2. The van der Waals surface area contributed by atoms with Crippen molar-refractivity contribution in [2.45, 2.75) is 45.5 Å². The van der Waals surface area contributed by atoms with E-state index in [4.69, 9.17) is 14.6 Å². The van der Waals surface area contributed by atoms with Gasteiger partial charge in [0.15, 0.2) is 0 Å². The van der Waals surface area contributed by atoms with Gasteiger partial charge in [0.05, 0.1) is 12.1 Å².